The van der Waals surface area contributed by atoms with Crippen molar-refractivity contribution in [3.8, 4) is 0 Å². The van der Waals surface area contributed by atoms with Crippen LogP contribution in [0.2, 0.25) is 5.02 Å². The van der Waals surface area contributed by atoms with Crippen molar-refractivity contribution in [1.29, 1.82) is 0 Å². The van der Waals surface area contributed by atoms with E-state index in [1.807, 2.05) is 37.9 Å². The van der Waals surface area contributed by atoms with Crippen LogP contribution in [0.1, 0.15) is 29.2 Å². The summed E-state index contributed by atoms with van der Waals surface area (Å²) in [6, 6.07) is 8.79. The molecule has 4 heteroatoms. The predicted molar refractivity (Wildman–Crippen MR) is 96.6 cm³/mol. The number of hydrogen-bond acceptors (Lipinski definition) is 1. The minimum atomic E-state index is -0.210. The first-order valence-electron chi connectivity index (χ1n) is 7.69. The first-order chi connectivity index (χ1) is 10.9. The summed E-state index contributed by atoms with van der Waals surface area (Å²) < 4.78 is 13.5. The Hall–Kier alpha value is -1.87. The van der Waals surface area contributed by atoms with E-state index in [1.54, 1.807) is 18.5 Å². The monoisotopic (exact) mass is 332 g/mol. The molecule has 0 fully saturated rings. The highest BCUT2D eigenvalue weighted by atomic mass is 35.5. The second kappa shape index (κ2) is 7.60. The fraction of sp³-hybridized carbons (Fsp3) is 0.316. The van der Waals surface area contributed by atoms with Crippen LogP contribution in [-0.2, 0) is 6.42 Å². The molecule has 122 valence electrons. The van der Waals surface area contributed by atoms with E-state index in [4.69, 9.17) is 11.6 Å². The molecular weight excluding hydrogens is 311 g/mol. The Balaban J connectivity index is 2.29. The molecule has 0 N–H and O–H groups in total. The third kappa shape index (κ3) is 4.55. The Morgan fingerprint density at radius 1 is 1.13 bits per heavy atom. The van der Waals surface area contributed by atoms with Crippen LogP contribution in [0.3, 0.4) is 0 Å². The minimum Gasteiger partial charge on any atom is -0.366 e. The van der Waals surface area contributed by atoms with Crippen LogP contribution in [0, 0.1) is 19.7 Å². The zero-order valence-electron chi connectivity index (χ0n) is 14.0. The summed E-state index contributed by atoms with van der Waals surface area (Å²) >= 11 is 6.36. The molecule has 2 aromatic rings. The summed E-state index contributed by atoms with van der Waals surface area (Å²) in [5.41, 5.74) is 5.00. The van der Waals surface area contributed by atoms with E-state index in [0.717, 1.165) is 34.5 Å². The van der Waals surface area contributed by atoms with Crippen LogP contribution in [0.25, 0.3) is 0 Å². The van der Waals surface area contributed by atoms with Crippen LogP contribution >= 0.6 is 11.6 Å². The Labute approximate surface area is 142 Å². The van der Waals surface area contributed by atoms with Crippen LogP contribution in [0.5, 0.6) is 0 Å². The lowest BCUT2D eigenvalue weighted by atomic mass is 9.97. The molecule has 2 nitrogen and oxygen atoms in total. The van der Waals surface area contributed by atoms with Crippen molar-refractivity contribution in [1.82, 2.24) is 4.90 Å². The highest BCUT2D eigenvalue weighted by molar-refractivity contribution is 6.33. The first-order valence-corrected chi connectivity index (χ1v) is 8.07. The molecule has 0 amide bonds. The Kier molecular flexibility index (Phi) is 5.78. The molecule has 0 atom stereocenters. The molecule has 0 aliphatic carbocycles. The van der Waals surface area contributed by atoms with Crippen molar-refractivity contribution in [2.45, 2.75) is 27.2 Å². The van der Waals surface area contributed by atoms with Crippen molar-refractivity contribution < 1.29 is 4.39 Å². The number of aryl methyl sites for hydroxylation is 2. The SMILES string of the molecule is CCN(C)C=Nc1cc(C)c(Cc2cc(F)ccc2C)cc1Cl. The third-order valence-electron chi connectivity index (χ3n) is 3.99. The summed E-state index contributed by atoms with van der Waals surface area (Å²) in [5, 5.41) is 0.611. The van der Waals surface area contributed by atoms with Gasteiger partial charge in [-0.1, -0.05) is 17.7 Å². The van der Waals surface area contributed by atoms with Gasteiger partial charge in [0.2, 0.25) is 0 Å². The summed E-state index contributed by atoms with van der Waals surface area (Å²) in [7, 11) is 1.96. The summed E-state index contributed by atoms with van der Waals surface area (Å²) in [4.78, 5) is 6.41. The van der Waals surface area contributed by atoms with Gasteiger partial charge in [0.05, 0.1) is 17.0 Å². The van der Waals surface area contributed by atoms with Gasteiger partial charge < -0.3 is 4.90 Å². The zero-order valence-corrected chi connectivity index (χ0v) is 14.8. The molecule has 2 aromatic carbocycles. The van der Waals surface area contributed by atoms with E-state index in [2.05, 4.69) is 11.9 Å². The summed E-state index contributed by atoms with van der Waals surface area (Å²) in [6.07, 6.45) is 2.44. The van der Waals surface area contributed by atoms with Crippen LogP contribution in [0.4, 0.5) is 10.1 Å². The average Bonchev–Trinajstić information content (AvgIpc) is 2.52. The fourth-order valence-corrected chi connectivity index (χ4v) is 2.51. The first kappa shape index (κ1) is 17.5. The lowest BCUT2D eigenvalue weighted by molar-refractivity contribution is 0.552. The van der Waals surface area contributed by atoms with E-state index in [-0.39, 0.29) is 5.82 Å². The predicted octanol–water partition coefficient (Wildman–Crippen LogP) is 5.30. The molecule has 0 saturated carbocycles. The van der Waals surface area contributed by atoms with Crippen LogP contribution in [0.15, 0.2) is 35.3 Å². The molecule has 0 aromatic heterocycles. The summed E-state index contributed by atoms with van der Waals surface area (Å²) in [6.45, 7) is 6.97. The average molecular weight is 333 g/mol. The molecular formula is C19H22ClFN2. The number of benzene rings is 2. The maximum atomic E-state index is 13.5. The lowest BCUT2D eigenvalue weighted by Crippen LogP contribution is -2.14. The van der Waals surface area contributed by atoms with E-state index in [0.29, 0.717) is 11.4 Å². The zero-order chi connectivity index (χ0) is 17.0. The lowest BCUT2D eigenvalue weighted by Gasteiger charge is -2.12. The Bertz CT molecular complexity index is 726. The largest absolute Gasteiger partial charge is 0.366 e. The van der Waals surface area contributed by atoms with Crippen molar-refractivity contribution in [3.63, 3.8) is 0 Å². The highest BCUT2D eigenvalue weighted by Crippen LogP contribution is 2.30. The van der Waals surface area contributed by atoms with Gasteiger partial charge in [0.25, 0.3) is 0 Å². The molecule has 0 radical (unpaired) electrons. The number of hydrogen-bond donors (Lipinski definition) is 0. The smallest absolute Gasteiger partial charge is 0.123 e. The quantitative estimate of drug-likeness (QED) is 0.536. The Morgan fingerprint density at radius 3 is 2.52 bits per heavy atom. The van der Waals surface area contributed by atoms with E-state index in [1.165, 1.54) is 6.07 Å². The molecule has 0 bridgehead atoms. The Morgan fingerprint density at radius 2 is 1.83 bits per heavy atom. The number of aliphatic imine (C=N–C) groups is 1. The van der Waals surface area contributed by atoms with Crippen molar-refractivity contribution in [2.24, 2.45) is 4.99 Å². The van der Waals surface area contributed by atoms with Crippen LogP contribution in [-0.4, -0.2) is 24.8 Å². The van der Waals surface area contributed by atoms with Gasteiger partial charge in [0, 0.05) is 13.6 Å². The highest BCUT2D eigenvalue weighted by Gasteiger charge is 2.08. The van der Waals surface area contributed by atoms with Crippen LogP contribution < -0.4 is 0 Å². The molecule has 0 aliphatic rings. The van der Waals surface area contributed by atoms with Gasteiger partial charge in [-0.3, -0.25) is 0 Å². The normalized spacial score (nSPS) is 11.2. The van der Waals surface area contributed by atoms with Gasteiger partial charge in [-0.25, -0.2) is 9.38 Å². The fourth-order valence-electron chi connectivity index (χ4n) is 2.27. The molecule has 0 spiro atoms. The van der Waals surface area contributed by atoms with Crippen molar-refractivity contribution in [2.75, 3.05) is 13.6 Å². The van der Waals surface area contributed by atoms with Gasteiger partial charge in [0.1, 0.15) is 5.82 Å². The third-order valence-corrected chi connectivity index (χ3v) is 4.29. The summed E-state index contributed by atoms with van der Waals surface area (Å²) in [5.74, 6) is -0.210. The number of halogens is 2. The molecule has 23 heavy (non-hydrogen) atoms. The van der Waals surface area contributed by atoms with Gasteiger partial charge in [-0.15, -0.1) is 0 Å². The number of rotatable bonds is 5. The maximum Gasteiger partial charge on any atom is 0.123 e. The van der Waals surface area contributed by atoms with Gasteiger partial charge >= 0.3 is 0 Å². The molecule has 0 aliphatic heterocycles. The van der Waals surface area contributed by atoms with Gasteiger partial charge in [0.15, 0.2) is 0 Å². The second-order valence-corrected chi connectivity index (χ2v) is 6.20. The topological polar surface area (TPSA) is 15.6 Å². The molecule has 0 heterocycles. The second-order valence-electron chi connectivity index (χ2n) is 5.80. The standard InChI is InChI=1S/C19H22ClFN2/c1-5-23(4)12-22-19-8-14(3)16(11-18(19)20)9-15-10-17(21)7-6-13(15)2/h6-8,10-12H,5,9H2,1-4H3. The van der Waals surface area contributed by atoms with E-state index >= 15 is 0 Å². The van der Waals surface area contributed by atoms with Gasteiger partial charge in [-0.05, 0) is 73.7 Å². The molecule has 0 saturated heterocycles. The van der Waals surface area contributed by atoms with E-state index in [9.17, 15) is 4.39 Å². The minimum absolute atomic E-state index is 0.210. The van der Waals surface area contributed by atoms with E-state index < -0.39 is 0 Å². The van der Waals surface area contributed by atoms with Crippen molar-refractivity contribution in [3.05, 3.63) is 63.4 Å². The molecule has 2 rings (SSSR count). The van der Waals surface area contributed by atoms with Gasteiger partial charge in [-0.2, -0.15) is 0 Å². The molecule has 0 unspecified atom stereocenters. The number of nitrogens with zero attached hydrogens (tertiary/aromatic N) is 2. The maximum absolute atomic E-state index is 13.5. The van der Waals surface area contributed by atoms with Crippen molar-refractivity contribution >= 4 is 23.6 Å².